The maximum Gasteiger partial charge on any atom is 0.338 e. The smallest absolute Gasteiger partial charge is 0.338 e. The molecule has 0 heterocycles. The number of halogens is 2. The first-order chi connectivity index (χ1) is 16.9. The van der Waals surface area contributed by atoms with Crippen LogP contribution >= 0.6 is 0 Å². The van der Waals surface area contributed by atoms with Crippen LogP contribution in [0.25, 0.3) is 6.08 Å². The highest BCUT2D eigenvalue weighted by Crippen LogP contribution is 2.25. The second kappa shape index (κ2) is 12.3. The van der Waals surface area contributed by atoms with Gasteiger partial charge in [0.15, 0.2) is 11.6 Å². The number of hydrogen-bond acceptors (Lipinski definition) is 7. The molecule has 188 valence electrons. The van der Waals surface area contributed by atoms with Crippen LogP contribution in [0.3, 0.4) is 0 Å². The normalized spacial score (nSPS) is 11.4. The van der Waals surface area contributed by atoms with Gasteiger partial charge in [0.1, 0.15) is 23.0 Å². The first-order valence-electron chi connectivity index (χ1n) is 10.5. The van der Waals surface area contributed by atoms with Gasteiger partial charge in [0.05, 0.1) is 0 Å². The highest BCUT2D eigenvalue weighted by molar-refractivity contribution is 5.90. The predicted molar refractivity (Wildman–Crippen MR) is 128 cm³/mol. The molecule has 7 nitrogen and oxygen atoms in total. The fraction of sp³-hybridized carbons (Fsp3) is 0.148. The van der Waals surface area contributed by atoms with Crippen molar-refractivity contribution in [2.45, 2.75) is 27.7 Å². The third-order valence-electron chi connectivity index (χ3n) is 4.43. The SMILES string of the molecule is C=C(C)C(=O)OC(C)=C(C)Oc1ccc(OC(=O)/C=C/c2ccc(OC(=O)C(=C)C)c(F)c2F)cc1. The van der Waals surface area contributed by atoms with Gasteiger partial charge in [-0.1, -0.05) is 13.2 Å². The van der Waals surface area contributed by atoms with Gasteiger partial charge in [0.25, 0.3) is 0 Å². The Balaban J connectivity index is 2.01. The van der Waals surface area contributed by atoms with Crippen molar-refractivity contribution in [3.63, 3.8) is 0 Å². The largest absolute Gasteiger partial charge is 0.459 e. The van der Waals surface area contributed by atoms with E-state index in [2.05, 4.69) is 13.2 Å². The van der Waals surface area contributed by atoms with Crippen molar-refractivity contribution in [1.29, 1.82) is 0 Å². The van der Waals surface area contributed by atoms with Crippen molar-refractivity contribution < 1.29 is 42.1 Å². The predicted octanol–water partition coefficient (Wildman–Crippen LogP) is 5.81. The number of allylic oxidation sites excluding steroid dienone is 2. The average Bonchev–Trinajstić information content (AvgIpc) is 2.82. The second-order valence-corrected chi connectivity index (χ2v) is 7.56. The topological polar surface area (TPSA) is 88.1 Å². The standard InChI is InChI=1S/C27H24F2O7/c1-15(2)26(31)34-18(6)17(5)33-20-9-11-21(12-10-20)35-23(30)14-8-19-7-13-22(25(29)24(19)28)36-27(32)16(3)4/h7-14H,1,3H2,2,4-6H3/b14-8+,18-17?. The monoisotopic (exact) mass is 498 g/mol. The molecule has 0 spiro atoms. The molecule has 0 saturated heterocycles. The van der Waals surface area contributed by atoms with Gasteiger partial charge in [0, 0.05) is 22.8 Å². The highest BCUT2D eigenvalue weighted by Gasteiger charge is 2.16. The van der Waals surface area contributed by atoms with E-state index in [1.54, 1.807) is 13.8 Å². The molecule has 2 aromatic rings. The Hall–Kier alpha value is -4.53. The summed E-state index contributed by atoms with van der Waals surface area (Å²) in [5.41, 5.74) is 0.0107. The maximum absolute atomic E-state index is 14.3. The van der Waals surface area contributed by atoms with Crippen LogP contribution in [-0.2, 0) is 19.1 Å². The number of carbonyl (C=O) groups excluding carboxylic acids is 3. The van der Waals surface area contributed by atoms with Gasteiger partial charge < -0.3 is 18.9 Å². The minimum absolute atomic E-state index is 0.0203. The lowest BCUT2D eigenvalue weighted by Gasteiger charge is -2.11. The molecule has 0 saturated carbocycles. The minimum Gasteiger partial charge on any atom is -0.459 e. The molecule has 0 amide bonds. The third kappa shape index (κ3) is 7.76. The van der Waals surface area contributed by atoms with Crippen molar-refractivity contribution >= 4 is 24.0 Å². The molecule has 2 aromatic carbocycles. The molecule has 0 N–H and O–H groups in total. The van der Waals surface area contributed by atoms with E-state index in [1.165, 1.54) is 38.1 Å². The minimum atomic E-state index is -1.38. The summed E-state index contributed by atoms with van der Waals surface area (Å²) in [6.07, 6.45) is 1.93. The summed E-state index contributed by atoms with van der Waals surface area (Å²) in [6, 6.07) is 8.14. The van der Waals surface area contributed by atoms with E-state index in [4.69, 9.17) is 18.9 Å². The molecule has 0 aliphatic carbocycles. The van der Waals surface area contributed by atoms with E-state index >= 15 is 0 Å². The number of hydrogen-bond donors (Lipinski definition) is 0. The van der Waals surface area contributed by atoms with Crippen molar-refractivity contribution in [2.75, 3.05) is 0 Å². The van der Waals surface area contributed by atoms with Crippen molar-refractivity contribution in [3.8, 4) is 17.2 Å². The lowest BCUT2D eigenvalue weighted by molar-refractivity contribution is -0.135. The molecule has 0 aliphatic heterocycles. The lowest BCUT2D eigenvalue weighted by Crippen LogP contribution is -2.10. The zero-order valence-corrected chi connectivity index (χ0v) is 20.1. The first kappa shape index (κ1) is 27.7. The van der Waals surface area contributed by atoms with Crippen LogP contribution in [0, 0.1) is 11.6 Å². The van der Waals surface area contributed by atoms with Gasteiger partial charge in [-0.3, -0.25) is 0 Å². The summed E-state index contributed by atoms with van der Waals surface area (Å²) < 4.78 is 49.0. The molecular weight excluding hydrogens is 474 g/mol. The van der Waals surface area contributed by atoms with Crippen LogP contribution in [0.5, 0.6) is 17.2 Å². The lowest BCUT2D eigenvalue weighted by atomic mass is 10.1. The Bertz CT molecular complexity index is 1270. The number of rotatable bonds is 9. The zero-order chi connectivity index (χ0) is 27.0. The van der Waals surface area contributed by atoms with Crippen molar-refractivity contribution in [2.24, 2.45) is 0 Å². The van der Waals surface area contributed by atoms with E-state index in [9.17, 15) is 23.2 Å². The first-order valence-corrected chi connectivity index (χ1v) is 10.5. The summed E-state index contributed by atoms with van der Waals surface area (Å²) in [6.45, 7) is 12.9. The molecule has 0 atom stereocenters. The van der Waals surface area contributed by atoms with Gasteiger partial charge in [-0.2, -0.15) is 4.39 Å². The number of benzene rings is 2. The van der Waals surface area contributed by atoms with Gasteiger partial charge in [-0.15, -0.1) is 0 Å². The van der Waals surface area contributed by atoms with Crippen LogP contribution in [0.4, 0.5) is 8.78 Å². The van der Waals surface area contributed by atoms with Gasteiger partial charge in [-0.05, 0) is 70.2 Å². The maximum atomic E-state index is 14.3. The Kier molecular flexibility index (Phi) is 9.43. The summed E-state index contributed by atoms with van der Waals surface area (Å²) >= 11 is 0. The molecule has 0 aromatic heterocycles. The van der Waals surface area contributed by atoms with E-state index < -0.39 is 35.3 Å². The Morgan fingerprint density at radius 3 is 1.83 bits per heavy atom. The molecular formula is C27H24F2O7. The third-order valence-corrected chi connectivity index (χ3v) is 4.43. The fourth-order valence-electron chi connectivity index (χ4n) is 2.37. The molecule has 0 bridgehead atoms. The Labute approximate surface area is 206 Å². The molecule has 0 aliphatic rings. The van der Waals surface area contributed by atoms with E-state index in [0.717, 1.165) is 24.3 Å². The number of ether oxygens (including phenoxy) is 4. The molecule has 0 radical (unpaired) electrons. The van der Waals surface area contributed by atoms with Gasteiger partial charge in [-0.25, -0.2) is 18.8 Å². The van der Waals surface area contributed by atoms with Crippen LogP contribution < -0.4 is 14.2 Å². The second-order valence-electron chi connectivity index (χ2n) is 7.56. The zero-order valence-electron chi connectivity index (χ0n) is 20.1. The quantitative estimate of drug-likeness (QED) is 0.186. The fourth-order valence-corrected chi connectivity index (χ4v) is 2.37. The number of esters is 3. The number of carbonyl (C=O) groups is 3. The highest BCUT2D eigenvalue weighted by atomic mass is 19.2. The van der Waals surface area contributed by atoms with Crippen LogP contribution in [-0.4, -0.2) is 17.9 Å². The molecule has 0 fully saturated rings. The molecule has 9 heteroatoms. The summed E-state index contributed by atoms with van der Waals surface area (Å²) in [4.78, 5) is 35.2. The Morgan fingerprint density at radius 1 is 0.722 bits per heavy atom. The molecule has 0 unspecified atom stereocenters. The summed E-state index contributed by atoms with van der Waals surface area (Å²) in [5.74, 6) is -4.46. The van der Waals surface area contributed by atoms with Gasteiger partial charge >= 0.3 is 17.9 Å². The van der Waals surface area contributed by atoms with Crippen LogP contribution in [0.2, 0.25) is 0 Å². The van der Waals surface area contributed by atoms with Crippen molar-refractivity contribution in [1.82, 2.24) is 0 Å². The molecule has 36 heavy (non-hydrogen) atoms. The summed E-state index contributed by atoms with van der Waals surface area (Å²) in [7, 11) is 0. The van der Waals surface area contributed by atoms with Crippen LogP contribution in [0.1, 0.15) is 33.3 Å². The van der Waals surface area contributed by atoms with Gasteiger partial charge in [0.2, 0.25) is 5.82 Å². The molecule has 2 rings (SSSR count). The van der Waals surface area contributed by atoms with Crippen molar-refractivity contribution in [3.05, 3.63) is 95.5 Å². The Morgan fingerprint density at radius 2 is 1.28 bits per heavy atom. The van der Waals surface area contributed by atoms with Crippen LogP contribution in [0.15, 0.2) is 78.3 Å². The average molecular weight is 498 g/mol. The summed E-state index contributed by atoms with van der Waals surface area (Å²) in [5, 5.41) is 0. The van der Waals surface area contributed by atoms with E-state index in [0.29, 0.717) is 11.5 Å². The van der Waals surface area contributed by atoms with E-state index in [-0.39, 0.29) is 28.2 Å². The van der Waals surface area contributed by atoms with E-state index in [1.807, 2.05) is 0 Å².